The van der Waals surface area contributed by atoms with Crippen molar-refractivity contribution >= 4 is 11.8 Å². The first-order valence-electron chi connectivity index (χ1n) is 12.4. The lowest BCUT2D eigenvalue weighted by molar-refractivity contribution is -0.875. The Morgan fingerprint density at radius 2 is 1.10 bits per heavy atom. The third-order valence-electron chi connectivity index (χ3n) is 5.70. The van der Waals surface area contributed by atoms with Crippen LogP contribution >= 0.6 is 0 Å². The number of hydrogen-bond donors (Lipinski definition) is 1. The van der Waals surface area contributed by atoms with Gasteiger partial charge in [-0.1, -0.05) is 96.8 Å². The highest BCUT2D eigenvalue weighted by Gasteiger charge is 2.40. The second kappa shape index (κ2) is 18.6. The van der Waals surface area contributed by atoms with E-state index in [9.17, 15) is 19.8 Å². The van der Waals surface area contributed by atoms with E-state index in [0.717, 1.165) is 12.8 Å². The Morgan fingerprint density at radius 3 is 1.42 bits per heavy atom. The highest BCUT2D eigenvalue weighted by Crippen LogP contribution is 2.20. The molecule has 6 nitrogen and oxygen atoms in total. The lowest BCUT2D eigenvalue weighted by atomic mass is 9.89. The van der Waals surface area contributed by atoms with Gasteiger partial charge in [-0.25, -0.2) is 0 Å². The molecule has 1 unspecified atom stereocenters. The predicted octanol–water partition coefficient (Wildman–Crippen LogP) is 3.57. The van der Waals surface area contributed by atoms with Crippen molar-refractivity contribution in [2.75, 3.05) is 27.7 Å². The van der Waals surface area contributed by atoms with Crippen molar-refractivity contribution < 1.29 is 29.8 Å². The Labute approximate surface area is 191 Å². The molecule has 0 aliphatic rings. The average Bonchev–Trinajstić information content (AvgIpc) is 2.62. The number of carboxylic acids is 1. The molecule has 0 spiro atoms. The Morgan fingerprint density at radius 1 is 0.742 bits per heavy atom. The zero-order valence-electron chi connectivity index (χ0n) is 20.8. The van der Waals surface area contributed by atoms with Crippen LogP contribution in [0.4, 0.5) is 0 Å². The predicted molar refractivity (Wildman–Crippen MR) is 126 cm³/mol. The van der Waals surface area contributed by atoms with Crippen LogP contribution in [0.25, 0.3) is 0 Å². The molecule has 0 heterocycles. The van der Waals surface area contributed by atoms with E-state index in [1.807, 2.05) is 21.1 Å². The topological polar surface area (TPSA) is 109 Å². The summed E-state index contributed by atoms with van der Waals surface area (Å²) in [6.07, 6.45) is 18.4. The van der Waals surface area contributed by atoms with Crippen molar-refractivity contribution in [2.45, 2.75) is 122 Å². The van der Waals surface area contributed by atoms with Crippen LogP contribution in [0.5, 0.6) is 0 Å². The summed E-state index contributed by atoms with van der Waals surface area (Å²) in [7, 11) is 5.50. The Kier molecular flexibility index (Phi) is 19.3. The summed E-state index contributed by atoms with van der Waals surface area (Å²) in [6, 6.07) is 0. The lowest BCUT2D eigenvalue weighted by Gasteiger charge is -2.34. The molecule has 1 atom stereocenters. The third kappa shape index (κ3) is 19.4. The van der Waals surface area contributed by atoms with E-state index in [0.29, 0.717) is 10.9 Å². The van der Waals surface area contributed by atoms with Gasteiger partial charge in [0.1, 0.15) is 6.54 Å². The van der Waals surface area contributed by atoms with Crippen molar-refractivity contribution in [1.82, 2.24) is 0 Å². The van der Waals surface area contributed by atoms with Crippen LogP contribution in [0.3, 0.4) is 0 Å². The van der Waals surface area contributed by atoms with E-state index in [1.54, 1.807) is 0 Å². The summed E-state index contributed by atoms with van der Waals surface area (Å²) in [4.78, 5) is 23.4. The minimum atomic E-state index is -1.83. The number of rotatable bonds is 21. The molecule has 0 saturated carbocycles. The number of carbonyl (C=O) groups excluding carboxylic acids is 2. The molecular weight excluding hydrogens is 394 g/mol. The van der Waals surface area contributed by atoms with Crippen LogP contribution in [-0.2, 0) is 9.59 Å². The van der Waals surface area contributed by atoms with Crippen LogP contribution in [0, 0.1) is 0 Å². The summed E-state index contributed by atoms with van der Waals surface area (Å²) in [5.74, 6) is -1.75. The standard InChI is InChI=1S/C25H49NO4.H2O/c1-5-6-7-8-9-10-11-12-13-14-15-16-17-18-19-20-23(27)25(30,21-24(28)29)22-26(2,3)4;/h30H,5-22H2,1-4H3;1H2. The van der Waals surface area contributed by atoms with Gasteiger partial charge in [-0.15, -0.1) is 0 Å². The van der Waals surface area contributed by atoms with E-state index in [4.69, 9.17) is 0 Å². The molecule has 186 valence electrons. The van der Waals surface area contributed by atoms with Crippen LogP contribution in [-0.4, -0.2) is 60.1 Å². The summed E-state index contributed by atoms with van der Waals surface area (Å²) in [5.41, 5.74) is -1.83. The van der Waals surface area contributed by atoms with Gasteiger partial charge in [-0.3, -0.25) is 4.79 Å². The van der Waals surface area contributed by atoms with E-state index >= 15 is 0 Å². The molecule has 0 aliphatic heterocycles. The second-order valence-corrected chi connectivity index (χ2v) is 10.2. The smallest absolute Gasteiger partial charge is 0.177 e. The second-order valence-electron chi connectivity index (χ2n) is 10.2. The Bertz CT molecular complexity index is 461. The fourth-order valence-corrected chi connectivity index (χ4v) is 4.16. The van der Waals surface area contributed by atoms with Gasteiger partial charge >= 0.3 is 0 Å². The van der Waals surface area contributed by atoms with Crippen molar-refractivity contribution in [3.05, 3.63) is 0 Å². The van der Waals surface area contributed by atoms with Crippen LogP contribution in [0.2, 0.25) is 0 Å². The number of aliphatic hydroxyl groups is 1. The summed E-state index contributed by atoms with van der Waals surface area (Å²) < 4.78 is 0.328. The maximum Gasteiger partial charge on any atom is 0.177 e. The minimum absolute atomic E-state index is 0. The minimum Gasteiger partial charge on any atom is -0.550 e. The molecule has 0 aromatic heterocycles. The quantitative estimate of drug-likeness (QED) is 0.215. The molecule has 0 aromatic rings. The van der Waals surface area contributed by atoms with E-state index < -0.39 is 18.0 Å². The lowest BCUT2D eigenvalue weighted by Crippen LogP contribution is -2.56. The molecule has 0 saturated heterocycles. The molecule has 3 N–H and O–H groups in total. The number of aliphatic carboxylic acids is 1. The van der Waals surface area contributed by atoms with Gasteiger partial charge in [0.2, 0.25) is 0 Å². The van der Waals surface area contributed by atoms with E-state index in [1.165, 1.54) is 77.0 Å². The third-order valence-corrected chi connectivity index (χ3v) is 5.70. The van der Waals surface area contributed by atoms with E-state index in [2.05, 4.69) is 6.92 Å². The van der Waals surface area contributed by atoms with Gasteiger partial charge < -0.3 is 25.0 Å². The largest absolute Gasteiger partial charge is 0.550 e. The molecule has 0 radical (unpaired) electrons. The Hall–Kier alpha value is -0.980. The first-order valence-corrected chi connectivity index (χ1v) is 12.4. The van der Waals surface area contributed by atoms with Crippen molar-refractivity contribution in [3.8, 4) is 0 Å². The number of carbonyl (C=O) groups is 2. The monoisotopic (exact) mass is 445 g/mol. The molecule has 31 heavy (non-hydrogen) atoms. The fraction of sp³-hybridized carbons (Fsp3) is 0.920. The summed E-state index contributed by atoms with van der Waals surface area (Å²) in [5, 5.41) is 21.6. The van der Waals surface area contributed by atoms with Crippen LogP contribution in [0.15, 0.2) is 0 Å². The number of likely N-dealkylation sites (N-methyl/N-ethyl adjacent to an activating group) is 1. The van der Waals surface area contributed by atoms with Gasteiger partial charge in [0.25, 0.3) is 0 Å². The molecular formula is C25H51NO5. The normalized spacial score (nSPS) is 13.5. The maximum absolute atomic E-state index is 12.5. The van der Waals surface area contributed by atoms with Crippen LogP contribution < -0.4 is 5.11 Å². The first kappa shape index (κ1) is 32.2. The molecule has 0 rings (SSSR count). The number of quaternary nitrogens is 1. The van der Waals surface area contributed by atoms with Gasteiger partial charge in [-0.05, 0) is 6.42 Å². The molecule has 0 bridgehead atoms. The van der Waals surface area contributed by atoms with Crippen molar-refractivity contribution in [1.29, 1.82) is 0 Å². The molecule has 0 aromatic carbocycles. The number of carboxylic acid groups (broad SMARTS) is 1. The highest BCUT2D eigenvalue weighted by atomic mass is 16.4. The van der Waals surface area contributed by atoms with Gasteiger partial charge in [0, 0.05) is 18.8 Å². The first-order chi connectivity index (χ1) is 14.1. The van der Waals surface area contributed by atoms with Gasteiger partial charge in [0.15, 0.2) is 11.4 Å². The van der Waals surface area contributed by atoms with Crippen LogP contribution in [0.1, 0.15) is 116 Å². The molecule has 0 aliphatic carbocycles. The van der Waals surface area contributed by atoms with Crippen molar-refractivity contribution in [3.63, 3.8) is 0 Å². The number of unbranched alkanes of at least 4 members (excludes halogenated alkanes) is 14. The van der Waals surface area contributed by atoms with Gasteiger partial charge in [0.05, 0.1) is 21.1 Å². The Balaban J connectivity index is 0. The molecule has 0 amide bonds. The summed E-state index contributed by atoms with van der Waals surface area (Å²) in [6.45, 7) is 2.34. The summed E-state index contributed by atoms with van der Waals surface area (Å²) >= 11 is 0. The number of Topliss-reactive ketones (excluding diaryl/α,β-unsaturated/α-hetero) is 1. The zero-order chi connectivity index (χ0) is 22.9. The number of hydrogen-bond acceptors (Lipinski definition) is 4. The SMILES string of the molecule is CCCCCCCCCCCCCCCCCC(=O)C(O)(CC(=O)[O-])C[N+](C)(C)C.O. The fourth-order valence-electron chi connectivity index (χ4n) is 4.16. The van der Waals surface area contributed by atoms with Gasteiger partial charge in [-0.2, -0.15) is 0 Å². The van der Waals surface area contributed by atoms with E-state index in [-0.39, 0.29) is 24.2 Å². The average molecular weight is 446 g/mol. The molecule has 0 fully saturated rings. The maximum atomic E-state index is 12.5. The number of nitrogens with zero attached hydrogens (tertiary/aromatic N) is 1. The highest BCUT2D eigenvalue weighted by molar-refractivity contribution is 5.90. The molecule has 6 heteroatoms. The number of ketones is 1. The van der Waals surface area contributed by atoms with Crippen molar-refractivity contribution in [2.24, 2.45) is 0 Å². The zero-order valence-corrected chi connectivity index (χ0v) is 20.8.